The Morgan fingerprint density at radius 1 is 1.19 bits per heavy atom. The molecule has 2 aromatic rings. The molecule has 2 aromatic carbocycles. The molecule has 3 rings (SSSR count). The van der Waals surface area contributed by atoms with Crippen molar-refractivity contribution in [3.8, 4) is 0 Å². The lowest BCUT2D eigenvalue weighted by Crippen LogP contribution is -2.42. The summed E-state index contributed by atoms with van der Waals surface area (Å²) in [5, 5.41) is 9.79. The van der Waals surface area contributed by atoms with Crippen LogP contribution >= 0.6 is 15.9 Å². The molecular formula is C20H20BrNO4. The number of carbonyl (C=O) groups is 2. The first-order valence-corrected chi connectivity index (χ1v) is 9.31. The maximum atomic E-state index is 12.6. The SMILES string of the molecule is O=C(O)[C@@H](c1cccc(Br)c1)[C@H]1CCCN1C(=O)OCc1ccccc1. The lowest BCUT2D eigenvalue weighted by atomic mass is 9.90. The lowest BCUT2D eigenvalue weighted by Gasteiger charge is -2.29. The van der Waals surface area contributed by atoms with E-state index in [0.29, 0.717) is 18.5 Å². The summed E-state index contributed by atoms with van der Waals surface area (Å²) in [5.74, 6) is -1.71. The number of hydrogen-bond acceptors (Lipinski definition) is 3. The highest BCUT2D eigenvalue weighted by Gasteiger charge is 2.40. The molecule has 136 valence electrons. The molecule has 1 aliphatic rings. The van der Waals surface area contributed by atoms with Gasteiger partial charge in [-0.3, -0.25) is 4.79 Å². The summed E-state index contributed by atoms with van der Waals surface area (Å²) in [5.41, 5.74) is 1.58. The van der Waals surface area contributed by atoms with E-state index >= 15 is 0 Å². The molecule has 1 fully saturated rings. The van der Waals surface area contributed by atoms with Crippen LogP contribution < -0.4 is 0 Å². The minimum Gasteiger partial charge on any atom is -0.481 e. The third-order valence-corrected chi connectivity index (χ3v) is 5.09. The Bertz CT molecular complexity index is 780. The van der Waals surface area contributed by atoms with Crippen LogP contribution in [0.25, 0.3) is 0 Å². The van der Waals surface area contributed by atoms with E-state index in [0.717, 1.165) is 16.5 Å². The number of carboxylic acid groups (broad SMARTS) is 1. The maximum absolute atomic E-state index is 12.6. The highest BCUT2D eigenvalue weighted by Crippen LogP contribution is 2.33. The number of amides is 1. The summed E-state index contributed by atoms with van der Waals surface area (Å²) in [6.07, 6.45) is 0.949. The Morgan fingerprint density at radius 2 is 1.96 bits per heavy atom. The lowest BCUT2D eigenvalue weighted by molar-refractivity contribution is -0.140. The second kappa shape index (κ2) is 8.36. The monoisotopic (exact) mass is 417 g/mol. The molecule has 0 aromatic heterocycles. The van der Waals surface area contributed by atoms with Crippen molar-refractivity contribution >= 4 is 28.0 Å². The summed E-state index contributed by atoms with van der Waals surface area (Å²) < 4.78 is 6.23. The highest BCUT2D eigenvalue weighted by atomic mass is 79.9. The number of benzene rings is 2. The predicted molar refractivity (Wildman–Crippen MR) is 101 cm³/mol. The topological polar surface area (TPSA) is 66.8 Å². The zero-order chi connectivity index (χ0) is 18.5. The fraction of sp³-hybridized carbons (Fsp3) is 0.300. The Kier molecular flexibility index (Phi) is 5.93. The molecule has 0 radical (unpaired) electrons. The number of carbonyl (C=O) groups excluding carboxylic acids is 1. The van der Waals surface area contributed by atoms with Gasteiger partial charge >= 0.3 is 12.1 Å². The first-order valence-electron chi connectivity index (χ1n) is 8.52. The number of ether oxygens (including phenoxy) is 1. The van der Waals surface area contributed by atoms with E-state index in [4.69, 9.17) is 4.74 Å². The van der Waals surface area contributed by atoms with Gasteiger partial charge in [-0.05, 0) is 36.1 Å². The van der Waals surface area contributed by atoms with Gasteiger partial charge in [0.2, 0.25) is 0 Å². The molecule has 6 heteroatoms. The van der Waals surface area contributed by atoms with Gasteiger partial charge in [0.1, 0.15) is 12.5 Å². The average molecular weight is 418 g/mol. The van der Waals surface area contributed by atoms with Crippen molar-refractivity contribution in [3.63, 3.8) is 0 Å². The Balaban J connectivity index is 1.75. The number of likely N-dealkylation sites (tertiary alicyclic amines) is 1. The van der Waals surface area contributed by atoms with Gasteiger partial charge in [-0.25, -0.2) is 4.79 Å². The molecule has 1 amide bonds. The van der Waals surface area contributed by atoms with E-state index in [1.165, 1.54) is 0 Å². The summed E-state index contributed by atoms with van der Waals surface area (Å²) in [6.45, 7) is 0.688. The molecule has 2 atom stereocenters. The molecule has 0 bridgehead atoms. The molecule has 1 N–H and O–H groups in total. The number of nitrogens with zero attached hydrogens (tertiary/aromatic N) is 1. The van der Waals surface area contributed by atoms with Crippen LogP contribution in [0.1, 0.15) is 29.9 Å². The fourth-order valence-electron chi connectivity index (χ4n) is 3.40. The molecule has 0 spiro atoms. The molecule has 26 heavy (non-hydrogen) atoms. The van der Waals surface area contributed by atoms with Gasteiger partial charge in [-0.1, -0.05) is 58.4 Å². The van der Waals surface area contributed by atoms with Gasteiger partial charge in [0.05, 0.1) is 6.04 Å². The second-order valence-corrected chi connectivity index (χ2v) is 7.23. The number of hydrogen-bond donors (Lipinski definition) is 1. The van der Waals surface area contributed by atoms with Crippen LogP contribution in [0.15, 0.2) is 59.1 Å². The molecular weight excluding hydrogens is 398 g/mol. The summed E-state index contributed by atoms with van der Waals surface area (Å²) in [6, 6.07) is 16.3. The van der Waals surface area contributed by atoms with Crippen LogP contribution in [0.4, 0.5) is 4.79 Å². The van der Waals surface area contributed by atoms with Crippen LogP contribution in [0.5, 0.6) is 0 Å². The third-order valence-electron chi connectivity index (χ3n) is 4.60. The Morgan fingerprint density at radius 3 is 2.65 bits per heavy atom. The standard InChI is InChI=1S/C20H20BrNO4/c21-16-9-4-8-15(12-16)18(19(23)24)17-10-5-11-22(17)20(25)26-13-14-6-2-1-3-7-14/h1-4,6-9,12,17-18H,5,10-11,13H2,(H,23,24)/t17-,18+/m1/s1. The predicted octanol–water partition coefficient (Wildman–Crippen LogP) is 4.42. The number of rotatable bonds is 5. The molecule has 0 unspecified atom stereocenters. The fourth-order valence-corrected chi connectivity index (χ4v) is 3.81. The smallest absolute Gasteiger partial charge is 0.410 e. The molecule has 1 saturated heterocycles. The van der Waals surface area contributed by atoms with E-state index in [1.807, 2.05) is 42.5 Å². The first-order chi connectivity index (χ1) is 12.6. The zero-order valence-electron chi connectivity index (χ0n) is 14.2. The second-order valence-electron chi connectivity index (χ2n) is 6.31. The van der Waals surface area contributed by atoms with Gasteiger partial charge in [-0.2, -0.15) is 0 Å². The average Bonchev–Trinajstić information content (AvgIpc) is 3.10. The van der Waals surface area contributed by atoms with Crippen LogP contribution in [0.3, 0.4) is 0 Å². The van der Waals surface area contributed by atoms with Crippen molar-refractivity contribution in [1.29, 1.82) is 0 Å². The number of halogens is 1. The van der Waals surface area contributed by atoms with Gasteiger partial charge in [0.25, 0.3) is 0 Å². The van der Waals surface area contributed by atoms with E-state index in [-0.39, 0.29) is 6.61 Å². The van der Waals surface area contributed by atoms with Crippen LogP contribution in [-0.2, 0) is 16.1 Å². The van der Waals surface area contributed by atoms with Crippen molar-refractivity contribution in [2.45, 2.75) is 31.4 Å². The zero-order valence-corrected chi connectivity index (χ0v) is 15.8. The van der Waals surface area contributed by atoms with Crippen LogP contribution in [-0.4, -0.2) is 34.7 Å². The summed E-state index contributed by atoms with van der Waals surface area (Å²) in [7, 11) is 0. The Hall–Kier alpha value is -2.34. The molecule has 0 aliphatic carbocycles. The van der Waals surface area contributed by atoms with E-state index in [2.05, 4.69) is 15.9 Å². The van der Waals surface area contributed by atoms with Gasteiger partial charge in [-0.15, -0.1) is 0 Å². The van der Waals surface area contributed by atoms with Crippen LogP contribution in [0.2, 0.25) is 0 Å². The summed E-state index contributed by atoms with van der Waals surface area (Å²) >= 11 is 3.38. The van der Waals surface area contributed by atoms with E-state index in [9.17, 15) is 14.7 Å². The van der Waals surface area contributed by atoms with Crippen molar-refractivity contribution in [3.05, 3.63) is 70.2 Å². The highest BCUT2D eigenvalue weighted by molar-refractivity contribution is 9.10. The van der Waals surface area contributed by atoms with Gasteiger partial charge in [0.15, 0.2) is 0 Å². The molecule has 5 nitrogen and oxygen atoms in total. The maximum Gasteiger partial charge on any atom is 0.410 e. The number of aliphatic carboxylic acids is 1. The van der Waals surface area contributed by atoms with Crippen molar-refractivity contribution in [2.24, 2.45) is 0 Å². The minimum atomic E-state index is -0.934. The first kappa shape index (κ1) is 18.5. The quantitative estimate of drug-likeness (QED) is 0.781. The van der Waals surface area contributed by atoms with E-state index < -0.39 is 24.0 Å². The van der Waals surface area contributed by atoms with E-state index in [1.54, 1.807) is 17.0 Å². The van der Waals surface area contributed by atoms with Crippen molar-refractivity contribution < 1.29 is 19.4 Å². The normalized spacial score (nSPS) is 17.7. The minimum absolute atomic E-state index is 0.178. The van der Waals surface area contributed by atoms with Crippen molar-refractivity contribution in [2.75, 3.05) is 6.54 Å². The third kappa shape index (κ3) is 4.25. The van der Waals surface area contributed by atoms with Crippen LogP contribution in [0, 0.1) is 0 Å². The van der Waals surface area contributed by atoms with Gasteiger partial charge < -0.3 is 14.7 Å². The Labute approximate surface area is 160 Å². The summed E-state index contributed by atoms with van der Waals surface area (Å²) in [4.78, 5) is 26.1. The molecule has 1 aliphatic heterocycles. The molecule has 0 saturated carbocycles. The number of carboxylic acids is 1. The largest absolute Gasteiger partial charge is 0.481 e. The van der Waals surface area contributed by atoms with Crippen molar-refractivity contribution in [1.82, 2.24) is 4.90 Å². The van der Waals surface area contributed by atoms with Gasteiger partial charge in [0, 0.05) is 11.0 Å². The molecule has 1 heterocycles.